The van der Waals surface area contributed by atoms with Crippen LogP contribution in [0.5, 0.6) is 11.5 Å². The van der Waals surface area contributed by atoms with Gasteiger partial charge in [0, 0.05) is 6.42 Å². The molecule has 1 saturated carbocycles. The van der Waals surface area contributed by atoms with Gasteiger partial charge in [-0.2, -0.15) is 0 Å². The van der Waals surface area contributed by atoms with Crippen LogP contribution in [0.4, 0.5) is 0 Å². The number of carboxylic acid groups (broad SMARTS) is 1. The Balaban J connectivity index is 1.95. The third kappa shape index (κ3) is 2.05. The fraction of sp³-hybridized carbons (Fsp3) is 0.438. The van der Waals surface area contributed by atoms with Gasteiger partial charge in [-0.1, -0.05) is 18.2 Å². The van der Waals surface area contributed by atoms with E-state index in [2.05, 4.69) is 12.2 Å². The number of carboxylic acids is 1. The molecular formula is C16H18O4. The van der Waals surface area contributed by atoms with Crippen molar-refractivity contribution in [3.63, 3.8) is 0 Å². The molecule has 0 aliphatic heterocycles. The summed E-state index contributed by atoms with van der Waals surface area (Å²) < 4.78 is 5.16. The Morgan fingerprint density at radius 3 is 2.80 bits per heavy atom. The zero-order valence-corrected chi connectivity index (χ0v) is 11.3. The summed E-state index contributed by atoms with van der Waals surface area (Å²) in [6.07, 6.45) is 5.59. The van der Waals surface area contributed by atoms with Gasteiger partial charge < -0.3 is 14.9 Å². The highest BCUT2D eigenvalue weighted by molar-refractivity contribution is 5.67. The predicted molar refractivity (Wildman–Crippen MR) is 73.9 cm³/mol. The molecule has 1 fully saturated rings. The number of aliphatic carboxylic acids is 1. The molecule has 0 amide bonds. The molecule has 2 bridgehead atoms. The Morgan fingerprint density at radius 1 is 1.35 bits per heavy atom. The topological polar surface area (TPSA) is 66.8 Å². The summed E-state index contributed by atoms with van der Waals surface area (Å²) in [5.74, 6) is 0.923. The van der Waals surface area contributed by atoms with Crippen LogP contribution in [0, 0.1) is 17.8 Å². The van der Waals surface area contributed by atoms with Crippen molar-refractivity contribution in [2.75, 3.05) is 7.11 Å². The minimum atomic E-state index is -0.744. The number of phenols is 1. The number of hydrogen-bond acceptors (Lipinski definition) is 3. The largest absolute Gasteiger partial charge is 0.504 e. The normalized spacial score (nSPS) is 30.6. The second kappa shape index (κ2) is 4.85. The smallest absolute Gasteiger partial charge is 0.303 e. The molecule has 4 atom stereocenters. The first kappa shape index (κ1) is 13.0. The standard InChI is InChI=1S/C16H18O4/c1-20-14-7-11(4-5-13(14)17)16-10-3-2-9(6-10)12(16)8-15(18)19/h2-5,7,9-10,12,16-17H,6,8H2,1H3,(H,18,19). The third-order valence-corrected chi connectivity index (χ3v) is 4.62. The van der Waals surface area contributed by atoms with Crippen molar-refractivity contribution in [2.45, 2.75) is 18.8 Å². The Kier molecular flexibility index (Phi) is 3.16. The fourth-order valence-corrected chi connectivity index (χ4v) is 3.80. The van der Waals surface area contributed by atoms with Crippen LogP contribution in [-0.4, -0.2) is 23.3 Å². The SMILES string of the molecule is COc1cc(C2C3C=CC(C3)C2CC(=O)O)ccc1O. The van der Waals surface area contributed by atoms with E-state index in [1.165, 1.54) is 7.11 Å². The maximum Gasteiger partial charge on any atom is 0.303 e. The van der Waals surface area contributed by atoms with E-state index in [0.29, 0.717) is 17.6 Å². The van der Waals surface area contributed by atoms with Crippen molar-refractivity contribution in [1.29, 1.82) is 0 Å². The highest BCUT2D eigenvalue weighted by atomic mass is 16.5. The molecule has 4 nitrogen and oxygen atoms in total. The van der Waals surface area contributed by atoms with E-state index in [1.807, 2.05) is 12.1 Å². The van der Waals surface area contributed by atoms with Gasteiger partial charge in [0.05, 0.1) is 7.11 Å². The van der Waals surface area contributed by atoms with Gasteiger partial charge >= 0.3 is 5.97 Å². The lowest BCUT2D eigenvalue weighted by molar-refractivity contribution is -0.138. The molecule has 0 radical (unpaired) electrons. The minimum Gasteiger partial charge on any atom is -0.504 e. The second-order valence-corrected chi connectivity index (χ2v) is 5.67. The van der Waals surface area contributed by atoms with E-state index in [-0.39, 0.29) is 24.0 Å². The van der Waals surface area contributed by atoms with Crippen molar-refractivity contribution in [2.24, 2.45) is 17.8 Å². The number of fused-ring (bicyclic) bond motifs is 2. The molecule has 2 N–H and O–H groups in total. The summed E-state index contributed by atoms with van der Waals surface area (Å²) >= 11 is 0. The Morgan fingerprint density at radius 2 is 2.10 bits per heavy atom. The number of rotatable bonds is 4. The molecule has 3 rings (SSSR count). The average Bonchev–Trinajstić information content (AvgIpc) is 3.00. The minimum absolute atomic E-state index is 0.115. The third-order valence-electron chi connectivity index (χ3n) is 4.62. The molecule has 1 aromatic rings. The van der Waals surface area contributed by atoms with E-state index in [9.17, 15) is 9.90 Å². The van der Waals surface area contributed by atoms with Crippen molar-refractivity contribution in [1.82, 2.24) is 0 Å². The van der Waals surface area contributed by atoms with Crippen LogP contribution in [0.3, 0.4) is 0 Å². The number of benzene rings is 1. The first-order valence-electron chi connectivity index (χ1n) is 6.87. The summed E-state index contributed by atoms with van der Waals surface area (Å²) in [4.78, 5) is 11.1. The summed E-state index contributed by atoms with van der Waals surface area (Å²) in [7, 11) is 1.52. The van der Waals surface area contributed by atoms with E-state index in [1.54, 1.807) is 6.07 Å². The number of phenolic OH excluding ortho intramolecular Hbond substituents is 1. The van der Waals surface area contributed by atoms with Crippen molar-refractivity contribution >= 4 is 5.97 Å². The molecule has 1 aromatic carbocycles. The maximum atomic E-state index is 11.1. The highest BCUT2D eigenvalue weighted by Gasteiger charge is 2.45. The lowest BCUT2D eigenvalue weighted by Gasteiger charge is -2.27. The van der Waals surface area contributed by atoms with Crippen LogP contribution in [0.25, 0.3) is 0 Å². The van der Waals surface area contributed by atoms with Gasteiger partial charge in [-0.3, -0.25) is 4.79 Å². The van der Waals surface area contributed by atoms with E-state index in [0.717, 1.165) is 12.0 Å². The number of hydrogen-bond donors (Lipinski definition) is 2. The zero-order valence-electron chi connectivity index (χ0n) is 11.3. The molecule has 0 saturated heterocycles. The average molecular weight is 274 g/mol. The lowest BCUT2D eigenvalue weighted by atomic mass is 9.77. The predicted octanol–water partition coefficient (Wildman–Crippen LogP) is 2.78. The van der Waals surface area contributed by atoms with E-state index >= 15 is 0 Å². The number of aromatic hydroxyl groups is 1. The number of ether oxygens (including phenoxy) is 1. The summed E-state index contributed by atoms with van der Waals surface area (Å²) in [5, 5.41) is 18.8. The van der Waals surface area contributed by atoms with Crippen LogP contribution < -0.4 is 4.74 Å². The molecule has 106 valence electrons. The van der Waals surface area contributed by atoms with Crippen LogP contribution >= 0.6 is 0 Å². The van der Waals surface area contributed by atoms with Gasteiger partial charge in [0.25, 0.3) is 0 Å². The molecule has 2 aliphatic carbocycles. The first-order valence-corrected chi connectivity index (χ1v) is 6.87. The Bertz CT molecular complexity index is 564. The van der Waals surface area contributed by atoms with E-state index < -0.39 is 5.97 Å². The molecule has 20 heavy (non-hydrogen) atoms. The Labute approximate surface area is 117 Å². The molecule has 4 unspecified atom stereocenters. The molecule has 2 aliphatic rings. The first-order chi connectivity index (χ1) is 9.60. The maximum absolute atomic E-state index is 11.1. The van der Waals surface area contributed by atoms with Gasteiger partial charge in [-0.25, -0.2) is 0 Å². The summed E-state index contributed by atoms with van der Waals surface area (Å²) in [6, 6.07) is 5.34. The molecule has 0 spiro atoms. The summed E-state index contributed by atoms with van der Waals surface area (Å²) in [5.41, 5.74) is 1.06. The number of carbonyl (C=O) groups is 1. The van der Waals surface area contributed by atoms with Crippen LogP contribution in [0.1, 0.15) is 24.3 Å². The molecule has 0 heterocycles. The van der Waals surface area contributed by atoms with Gasteiger partial charge in [0.2, 0.25) is 0 Å². The zero-order chi connectivity index (χ0) is 14.3. The number of methoxy groups -OCH3 is 1. The Hall–Kier alpha value is -1.97. The van der Waals surface area contributed by atoms with Crippen molar-refractivity contribution in [3.05, 3.63) is 35.9 Å². The second-order valence-electron chi connectivity index (χ2n) is 5.67. The molecule has 0 aromatic heterocycles. The van der Waals surface area contributed by atoms with Gasteiger partial charge in [0.15, 0.2) is 11.5 Å². The van der Waals surface area contributed by atoms with Crippen molar-refractivity contribution in [3.8, 4) is 11.5 Å². The highest BCUT2D eigenvalue weighted by Crippen LogP contribution is 2.54. The van der Waals surface area contributed by atoms with Crippen LogP contribution in [0.2, 0.25) is 0 Å². The summed E-state index contributed by atoms with van der Waals surface area (Å²) in [6.45, 7) is 0. The van der Waals surface area contributed by atoms with Gasteiger partial charge in [-0.05, 0) is 47.8 Å². The lowest BCUT2D eigenvalue weighted by Crippen LogP contribution is -2.21. The fourth-order valence-electron chi connectivity index (χ4n) is 3.80. The van der Waals surface area contributed by atoms with Crippen molar-refractivity contribution < 1.29 is 19.7 Å². The monoisotopic (exact) mass is 274 g/mol. The van der Waals surface area contributed by atoms with Crippen LogP contribution in [-0.2, 0) is 4.79 Å². The van der Waals surface area contributed by atoms with Crippen LogP contribution in [0.15, 0.2) is 30.4 Å². The van der Waals surface area contributed by atoms with E-state index in [4.69, 9.17) is 9.84 Å². The van der Waals surface area contributed by atoms with Gasteiger partial charge in [0.1, 0.15) is 0 Å². The molecular weight excluding hydrogens is 256 g/mol. The van der Waals surface area contributed by atoms with Gasteiger partial charge in [-0.15, -0.1) is 0 Å². The molecule has 4 heteroatoms. The quantitative estimate of drug-likeness (QED) is 0.828. The number of allylic oxidation sites excluding steroid dienone is 2.